The van der Waals surface area contributed by atoms with Gasteiger partial charge in [-0.05, 0) is 11.4 Å². The van der Waals surface area contributed by atoms with Crippen LogP contribution in [0.1, 0.15) is 16.1 Å². The summed E-state index contributed by atoms with van der Waals surface area (Å²) in [6, 6.07) is 3.42. The van der Waals surface area contributed by atoms with Crippen molar-refractivity contribution in [3.05, 3.63) is 22.4 Å². The van der Waals surface area contributed by atoms with Gasteiger partial charge in [-0.2, -0.15) is 0 Å². The van der Waals surface area contributed by atoms with Gasteiger partial charge in [-0.15, -0.1) is 11.3 Å². The molecule has 1 heterocycles. The van der Waals surface area contributed by atoms with Gasteiger partial charge >= 0.3 is 5.97 Å². The maximum absolute atomic E-state index is 11.4. The predicted octanol–water partition coefficient (Wildman–Crippen LogP) is 1.15. The molecule has 0 aliphatic rings. The van der Waals surface area contributed by atoms with Gasteiger partial charge < -0.3 is 5.11 Å². The second-order valence-corrected chi connectivity index (χ2v) is 5.36. The van der Waals surface area contributed by atoms with Crippen molar-refractivity contribution in [3.63, 3.8) is 0 Å². The second-order valence-electron chi connectivity index (χ2n) is 2.83. The third-order valence-electron chi connectivity index (χ3n) is 1.63. The Morgan fingerprint density at radius 3 is 2.73 bits per heavy atom. The molecule has 1 rings (SSSR count). The van der Waals surface area contributed by atoms with Crippen molar-refractivity contribution in [1.82, 2.24) is 0 Å². The van der Waals surface area contributed by atoms with Gasteiger partial charge in [0.15, 0.2) is 5.78 Å². The Morgan fingerprint density at radius 2 is 2.20 bits per heavy atom. The van der Waals surface area contributed by atoms with Crippen molar-refractivity contribution >= 4 is 33.9 Å². The van der Waals surface area contributed by atoms with Crippen LogP contribution < -0.4 is 0 Å². The van der Waals surface area contributed by atoms with Crippen molar-refractivity contribution in [3.8, 4) is 0 Å². The maximum atomic E-state index is 11.4. The minimum Gasteiger partial charge on any atom is -0.481 e. The topological polar surface area (TPSA) is 71.4 Å². The number of hydrogen-bond acceptors (Lipinski definition) is 4. The third-order valence-corrected chi connectivity index (χ3v) is 3.79. The standard InChI is InChI=1S/C9H10O4S2/c10-7(8-2-1-4-14-8)6-15(13)5-3-9(11)12/h1-2,4H,3,5-6H2,(H,11,12). The van der Waals surface area contributed by atoms with Gasteiger partial charge in [0.05, 0.1) is 17.1 Å². The van der Waals surface area contributed by atoms with E-state index in [1.807, 2.05) is 0 Å². The summed E-state index contributed by atoms with van der Waals surface area (Å²) in [5.74, 6) is -1.24. The molecule has 0 fully saturated rings. The summed E-state index contributed by atoms with van der Waals surface area (Å²) in [7, 11) is -1.38. The number of carboxylic acids is 1. The molecule has 0 spiro atoms. The highest BCUT2D eigenvalue weighted by molar-refractivity contribution is 7.85. The zero-order valence-electron chi connectivity index (χ0n) is 7.84. The normalized spacial score (nSPS) is 12.3. The minimum atomic E-state index is -1.38. The number of thiophene rings is 1. The number of ketones is 1. The van der Waals surface area contributed by atoms with Crippen molar-refractivity contribution in [1.29, 1.82) is 0 Å². The van der Waals surface area contributed by atoms with Crippen LogP contribution in [0.25, 0.3) is 0 Å². The summed E-state index contributed by atoms with van der Waals surface area (Å²) in [5, 5.41) is 10.1. The number of aliphatic carboxylic acids is 1. The lowest BCUT2D eigenvalue weighted by atomic mass is 10.4. The molecular weight excluding hydrogens is 236 g/mol. The highest BCUT2D eigenvalue weighted by Gasteiger charge is 2.12. The third kappa shape index (κ3) is 4.35. The summed E-state index contributed by atoms with van der Waals surface area (Å²) in [6.07, 6.45) is -0.162. The van der Waals surface area contributed by atoms with E-state index in [-0.39, 0.29) is 23.7 Å². The van der Waals surface area contributed by atoms with Crippen molar-refractivity contribution in [2.24, 2.45) is 0 Å². The summed E-state index contributed by atoms with van der Waals surface area (Å²) in [6.45, 7) is 0. The lowest BCUT2D eigenvalue weighted by Crippen LogP contribution is -2.14. The first kappa shape index (κ1) is 12.1. The lowest BCUT2D eigenvalue weighted by molar-refractivity contribution is -0.136. The fourth-order valence-electron chi connectivity index (χ4n) is 0.928. The van der Waals surface area contributed by atoms with E-state index in [4.69, 9.17) is 5.11 Å². The van der Waals surface area contributed by atoms with E-state index in [9.17, 15) is 13.8 Å². The molecule has 1 unspecified atom stereocenters. The molecule has 1 aromatic heterocycles. The average Bonchev–Trinajstić information content (AvgIpc) is 2.67. The molecule has 0 bridgehead atoms. The highest BCUT2D eigenvalue weighted by atomic mass is 32.2. The molecule has 0 aliphatic carbocycles. The number of carbonyl (C=O) groups is 2. The molecule has 0 radical (unpaired) electrons. The molecule has 0 saturated carbocycles. The molecule has 1 aromatic rings. The molecule has 6 heteroatoms. The molecule has 4 nitrogen and oxygen atoms in total. The van der Waals surface area contributed by atoms with Crippen molar-refractivity contribution < 1.29 is 18.9 Å². The van der Waals surface area contributed by atoms with E-state index >= 15 is 0 Å². The van der Waals surface area contributed by atoms with Crippen LogP contribution in [0.2, 0.25) is 0 Å². The van der Waals surface area contributed by atoms with E-state index in [0.717, 1.165) is 0 Å². The average molecular weight is 246 g/mol. The predicted molar refractivity (Wildman–Crippen MR) is 58.8 cm³/mol. The van der Waals surface area contributed by atoms with Crippen molar-refractivity contribution in [2.75, 3.05) is 11.5 Å². The molecular formula is C9H10O4S2. The zero-order chi connectivity index (χ0) is 11.3. The van der Waals surface area contributed by atoms with Crippen LogP contribution in [0.3, 0.4) is 0 Å². The van der Waals surface area contributed by atoms with Crippen molar-refractivity contribution in [2.45, 2.75) is 6.42 Å². The first-order chi connectivity index (χ1) is 7.09. The SMILES string of the molecule is O=C(O)CCS(=O)CC(=O)c1cccs1. The van der Waals surface area contributed by atoms with E-state index in [1.165, 1.54) is 11.3 Å². The number of rotatable bonds is 6. The fraction of sp³-hybridized carbons (Fsp3) is 0.333. The number of carboxylic acid groups (broad SMARTS) is 1. The Balaban J connectivity index is 2.39. The molecule has 82 valence electrons. The molecule has 0 saturated heterocycles. The maximum Gasteiger partial charge on any atom is 0.304 e. The van der Waals surface area contributed by atoms with E-state index in [1.54, 1.807) is 17.5 Å². The Labute approximate surface area is 93.4 Å². The van der Waals surface area contributed by atoms with Crippen LogP contribution >= 0.6 is 11.3 Å². The van der Waals surface area contributed by atoms with Crippen LogP contribution in [-0.2, 0) is 15.6 Å². The first-order valence-electron chi connectivity index (χ1n) is 4.23. The van der Waals surface area contributed by atoms with Crippen LogP contribution in [0.5, 0.6) is 0 Å². The molecule has 0 aliphatic heterocycles. The van der Waals surface area contributed by atoms with Crippen LogP contribution in [0.4, 0.5) is 0 Å². The van der Waals surface area contributed by atoms with E-state index in [2.05, 4.69) is 0 Å². The second kappa shape index (κ2) is 5.77. The molecule has 15 heavy (non-hydrogen) atoms. The molecule has 1 N–H and O–H groups in total. The Kier molecular flexibility index (Phi) is 4.64. The van der Waals surface area contributed by atoms with Gasteiger partial charge in [0.25, 0.3) is 0 Å². The zero-order valence-corrected chi connectivity index (χ0v) is 9.47. The van der Waals surface area contributed by atoms with Gasteiger partial charge in [0.2, 0.25) is 0 Å². The summed E-state index contributed by atoms with van der Waals surface area (Å²) >= 11 is 1.30. The van der Waals surface area contributed by atoms with Crippen LogP contribution in [0, 0.1) is 0 Å². The summed E-state index contributed by atoms with van der Waals surface area (Å²) in [4.78, 5) is 22.2. The smallest absolute Gasteiger partial charge is 0.304 e. The number of carbonyl (C=O) groups excluding carboxylic acids is 1. The van der Waals surface area contributed by atoms with Gasteiger partial charge in [-0.3, -0.25) is 13.8 Å². The quantitative estimate of drug-likeness (QED) is 0.764. The Morgan fingerprint density at radius 1 is 1.47 bits per heavy atom. The monoisotopic (exact) mass is 246 g/mol. The van der Waals surface area contributed by atoms with E-state index < -0.39 is 16.8 Å². The Bertz CT molecular complexity index is 369. The lowest BCUT2D eigenvalue weighted by Gasteiger charge is -1.97. The fourth-order valence-corrected chi connectivity index (χ4v) is 2.68. The molecule has 0 amide bonds. The van der Waals surface area contributed by atoms with Crippen LogP contribution in [-0.4, -0.2) is 32.6 Å². The molecule has 0 aromatic carbocycles. The largest absolute Gasteiger partial charge is 0.481 e. The summed E-state index contributed by atoms with van der Waals surface area (Å²) in [5.41, 5.74) is 0. The van der Waals surface area contributed by atoms with Gasteiger partial charge in [0, 0.05) is 16.6 Å². The van der Waals surface area contributed by atoms with Crippen LogP contribution in [0.15, 0.2) is 17.5 Å². The first-order valence-corrected chi connectivity index (χ1v) is 6.60. The number of hydrogen-bond donors (Lipinski definition) is 1. The summed E-state index contributed by atoms with van der Waals surface area (Å²) < 4.78 is 11.3. The van der Waals surface area contributed by atoms with Gasteiger partial charge in [0.1, 0.15) is 0 Å². The number of Topliss-reactive ketones (excluding diaryl/α,β-unsaturated/α-hetero) is 1. The van der Waals surface area contributed by atoms with Gasteiger partial charge in [-0.1, -0.05) is 6.07 Å². The Hall–Kier alpha value is -1.01. The van der Waals surface area contributed by atoms with E-state index in [0.29, 0.717) is 4.88 Å². The minimum absolute atomic E-state index is 0.0342. The molecule has 1 atom stereocenters. The van der Waals surface area contributed by atoms with Gasteiger partial charge in [-0.25, -0.2) is 0 Å². The highest BCUT2D eigenvalue weighted by Crippen LogP contribution is 2.09.